The lowest BCUT2D eigenvalue weighted by Crippen LogP contribution is -1.96. The molecule has 10 rings (SSSR count). The van der Waals surface area contributed by atoms with Crippen LogP contribution in [0.1, 0.15) is 0 Å². The normalized spacial score (nSPS) is 12.1. The van der Waals surface area contributed by atoms with E-state index < -0.39 is 0 Å². The molecule has 0 saturated heterocycles. The minimum absolute atomic E-state index is 0.733. The van der Waals surface area contributed by atoms with Crippen LogP contribution in [-0.2, 0) is 0 Å². The van der Waals surface area contributed by atoms with Crippen LogP contribution in [0.3, 0.4) is 0 Å². The van der Waals surface area contributed by atoms with Crippen LogP contribution in [0.5, 0.6) is 11.5 Å². The van der Waals surface area contributed by atoms with E-state index in [4.69, 9.17) is 14.1 Å². The van der Waals surface area contributed by atoms with Crippen molar-refractivity contribution in [3.8, 4) is 17.2 Å². The van der Waals surface area contributed by atoms with E-state index in [9.17, 15) is 0 Å². The summed E-state index contributed by atoms with van der Waals surface area (Å²) in [5.41, 5.74) is 6.67. The highest BCUT2D eigenvalue weighted by Gasteiger charge is 2.20. The van der Waals surface area contributed by atoms with Crippen LogP contribution in [0, 0.1) is 0 Å². The highest BCUT2D eigenvalue weighted by molar-refractivity contribution is 6.24. The molecule has 44 heavy (non-hydrogen) atoms. The number of imidazole rings is 1. The zero-order chi connectivity index (χ0) is 28.8. The quantitative estimate of drug-likeness (QED) is 0.200. The maximum absolute atomic E-state index is 6.54. The van der Waals surface area contributed by atoms with E-state index in [1.165, 1.54) is 5.39 Å². The van der Waals surface area contributed by atoms with Crippen molar-refractivity contribution < 1.29 is 9.15 Å². The predicted molar refractivity (Wildman–Crippen MR) is 176 cm³/mol. The first kappa shape index (κ1) is 23.4. The molecule has 10 aromatic rings. The van der Waals surface area contributed by atoms with Gasteiger partial charge in [0.25, 0.3) is 0 Å². The van der Waals surface area contributed by atoms with E-state index in [1.807, 2.05) is 55.0 Å². The molecule has 0 aliphatic heterocycles. The van der Waals surface area contributed by atoms with E-state index in [2.05, 4.69) is 92.8 Å². The number of nitrogens with zero attached hydrogens (tertiary/aromatic N) is 4. The fourth-order valence-corrected chi connectivity index (χ4v) is 6.83. The Morgan fingerprint density at radius 1 is 0.545 bits per heavy atom. The SMILES string of the molecule is c1cc(Oc2ccc3c4ccccc4n4ccnc4c3c2)cc(-n2c3ncccc3c3ccc4oc5ccccc5c4c32)c1. The van der Waals surface area contributed by atoms with E-state index in [1.54, 1.807) is 0 Å². The molecule has 6 heteroatoms. The first-order chi connectivity index (χ1) is 21.8. The van der Waals surface area contributed by atoms with Gasteiger partial charge in [-0.3, -0.25) is 8.97 Å². The first-order valence-electron chi connectivity index (χ1n) is 14.6. The summed E-state index contributed by atoms with van der Waals surface area (Å²) in [7, 11) is 0. The summed E-state index contributed by atoms with van der Waals surface area (Å²) in [5, 5.41) is 7.75. The van der Waals surface area contributed by atoms with E-state index in [0.717, 1.165) is 83.0 Å². The summed E-state index contributed by atoms with van der Waals surface area (Å²) >= 11 is 0. The van der Waals surface area contributed by atoms with Crippen molar-refractivity contribution in [1.29, 1.82) is 0 Å². The average Bonchev–Trinajstić information content (AvgIpc) is 3.79. The highest BCUT2D eigenvalue weighted by Crippen LogP contribution is 2.41. The predicted octanol–water partition coefficient (Wildman–Crippen LogP) is 9.82. The molecular formula is C38H22N4O2. The van der Waals surface area contributed by atoms with Gasteiger partial charge in [0.2, 0.25) is 0 Å². The average molecular weight is 567 g/mol. The molecule has 0 aliphatic rings. The second-order valence-corrected chi connectivity index (χ2v) is 11.1. The van der Waals surface area contributed by atoms with Crippen LogP contribution in [0.25, 0.3) is 76.9 Å². The largest absolute Gasteiger partial charge is 0.457 e. The number of rotatable bonds is 3. The molecule has 0 fully saturated rings. The fraction of sp³-hybridized carbons (Fsp3) is 0. The van der Waals surface area contributed by atoms with Gasteiger partial charge in [0.1, 0.15) is 34.0 Å². The van der Waals surface area contributed by atoms with Crippen molar-refractivity contribution in [1.82, 2.24) is 18.9 Å². The summed E-state index contributed by atoms with van der Waals surface area (Å²) in [6.45, 7) is 0. The van der Waals surface area contributed by atoms with Crippen molar-refractivity contribution in [2.75, 3.05) is 0 Å². The molecule has 206 valence electrons. The molecule has 0 N–H and O–H groups in total. The molecule has 0 saturated carbocycles. The van der Waals surface area contributed by atoms with Gasteiger partial charge < -0.3 is 9.15 Å². The Hall–Kier alpha value is -6.14. The summed E-state index contributed by atoms with van der Waals surface area (Å²) < 4.78 is 17.2. The molecular weight excluding hydrogens is 544 g/mol. The number of para-hydroxylation sites is 2. The van der Waals surface area contributed by atoms with Crippen LogP contribution < -0.4 is 4.74 Å². The Balaban J connectivity index is 1.17. The van der Waals surface area contributed by atoms with Crippen molar-refractivity contribution >= 4 is 71.2 Å². The monoisotopic (exact) mass is 566 g/mol. The van der Waals surface area contributed by atoms with Gasteiger partial charge in [-0.25, -0.2) is 9.97 Å². The lowest BCUT2D eigenvalue weighted by molar-refractivity contribution is 0.483. The number of benzene rings is 5. The Kier molecular flexibility index (Phi) is 4.63. The van der Waals surface area contributed by atoms with Gasteiger partial charge in [-0.2, -0.15) is 0 Å². The third-order valence-corrected chi connectivity index (χ3v) is 8.67. The van der Waals surface area contributed by atoms with Crippen molar-refractivity contribution in [3.63, 3.8) is 0 Å². The number of aromatic nitrogens is 4. The summed E-state index contributed by atoms with van der Waals surface area (Å²) in [5.74, 6) is 1.48. The number of ether oxygens (including phenoxy) is 1. The molecule has 0 spiro atoms. The Morgan fingerprint density at radius 3 is 2.34 bits per heavy atom. The van der Waals surface area contributed by atoms with Gasteiger partial charge in [-0.05, 0) is 72.1 Å². The number of hydrogen-bond acceptors (Lipinski definition) is 4. The van der Waals surface area contributed by atoms with Crippen LogP contribution >= 0.6 is 0 Å². The van der Waals surface area contributed by atoms with Gasteiger partial charge in [0.15, 0.2) is 0 Å². The van der Waals surface area contributed by atoms with E-state index >= 15 is 0 Å². The standard InChI is InChI=1S/C38H22N4O2/c1-3-12-32-27(9-1)26-15-14-25(22-31(26)37-40-19-20-41(32)37)43-24-8-5-7-23(21-24)42-36-28(29-11-6-18-39-38(29)42)16-17-34-35(36)30-10-2-4-13-33(30)44-34/h1-22H. The van der Waals surface area contributed by atoms with Gasteiger partial charge in [-0.15, -0.1) is 0 Å². The second kappa shape index (κ2) is 8.69. The lowest BCUT2D eigenvalue weighted by atomic mass is 10.1. The third-order valence-electron chi connectivity index (χ3n) is 8.67. The molecule has 0 unspecified atom stereocenters. The van der Waals surface area contributed by atoms with Gasteiger partial charge in [-0.1, -0.05) is 42.5 Å². The molecule has 0 bridgehead atoms. The molecule has 5 heterocycles. The van der Waals surface area contributed by atoms with Gasteiger partial charge in [0.05, 0.1) is 22.1 Å². The maximum Gasteiger partial charge on any atom is 0.145 e. The molecule has 0 amide bonds. The van der Waals surface area contributed by atoms with Crippen LogP contribution in [0.15, 0.2) is 138 Å². The molecule has 0 aliphatic carbocycles. The summed E-state index contributed by atoms with van der Waals surface area (Å²) in [4.78, 5) is 9.53. The highest BCUT2D eigenvalue weighted by atomic mass is 16.5. The number of hydrogen-bond donors (Lipinski definition) is 0. The Morgan fingerprint density at radius 2 is 1.36 bits per heavy atom. The molecule has 5 aromatic heterocycles. The summed E-state index contributed by atoms with van der Waals surface area (Å²) in [6.07, 6.45) is 5.70. The van der Waals surface area contributed by atoms with Crippen molar-refractivity contribution in [3.05, 3.63) is 134 Å². The zero-order valence-electron chi connectivity index (χ0n) is 23.3. The Labute approximate surface area is 250 Å². The minimum Gasteiger partial charge on any atom is -0.457 e. The number of furan rings is 1. The van der Waals surface area contributed by atoms with Crippen LogP contribution in [0.2, 0.25) is 0 Å². The molecule has 6 nitrogen and oxygen atoms in total. The lowest BCUT2D eigenvalue weighted by Gasteiger charge is -2.13. The van der Waals surface area contributed by atoms with Crippen LogP contribution in [-0.4, -0.2) is 18.9 Å². The minimum atomic E-state index is 0.733. The third kappa shape index (κ3) is 3.19. The van der Waals surface area contributed by atoms with Gasteiger partial charge in [0, 0.05) is 51.6 Å². The topological polar surface area (TPSA) is 57.5 Å². The van der Waals surface area contributed by atoms with Gasteiger partial charge >= 0.3 is 0 Å². The molecule has 0 radical (unpaired) electrons. The number of pyridine rings is 2. The zero-order valence-corrected chi connectivity index (χ0v) is 23.3. The summed E-state index contributed by atoms with van der Waals surface area (Å²) in [6, 6.07) is 39.4. The smallest absolute Gasteiger partial charge is 0.145 e. The molecule has 0 atom stereocenters. The fourth-order valence-electron chi connectivity index (χ4n) is 6.83. The Bertz CT molecular complexity index is 2770. The number of fused-ring (bicyclic) bond motifs is 13. The van der Waals surface area contributed by atoms with Crippen molar-refractivity contribution in [2.45, 2.75) is 0 Å². The second-order valence-electron chi connectivity index (χ2n) is 11.1. The van der Waals surface area contributed by atoms with E-state index in [0.29, 0.717) is 0 Å². The first-order valence-corrected chi connectivity index (χ1v) is 14.6. The van der Waals surface area contributed by atoms with Crippen LogP contribution in [0.4, 0.5) is 0 Å². The van der Waals surface area contributed by atoms with Crippen molar-refractivity contribution in [2.24, 2.45) is 0 Å². The maximum atomic E-state index is 6.54. The van der Waals surface area contributed by atoms with E-state index in [-0.39, 0.29) is 0 Å². The molecule has 5 aromatic carbocycles.